The molecule has 37 heavy (non-hydrogen) atoms. The van der Waals surface area contributed by atoms with E-state index in [0.717, 1.165) is 41.2 Å². The molecule has 3 aromatic carbocycles. The molecule has 5 heteroatoms. The van der Waals surface area contributed by atoms with Crippen molar-refractivity contribution in [2.75, 3.05) is 18.0 Å². The van der Waals surface area contributed by atoms with Gasteiger partial charge in [0.25, 0.3) is 0 Å². The Morgan fingerprint density at radius 3 is 2.35 bits per heavy atom. The molecule has 3 aromatic rings. The Hall–Kier alpha value is -3.31. The molecule has 1 N–H and O–H groups in total. The first-order valence-corrected chi connectivity index (χ1v) is 13.8. The van der Waals surface area contributed by atoms with E-state index in [2.05, 4.69) is 49.2 Å². The van der Waals surface area contributed by atoms with Crippen molar-refractivity contribution in [2.24, 2.45) is 0 Å². The Kier molecular flexibility index (Phi) is 7.52. The van der Waals surface area contributed by atoms with Crippen molar-refractivity contribution in [3.05, 3.63) is 89.0 Å². The Bertz CT molecular complexity index is 1260. The van der Waals surface area contributed by atoms with Crippen molar-refractivity contribution < 1.29 is 14.3 Å². The van der Waals surface area contributed by atoms with Crippen LogP contribution in [-0.4, -0.2) is 25.2 Å². The minimum absolute atomic E-state index is 0.188. The third-order valence-electron chi connectivity index (χ3n) is 7.71. The van der Waals surface area contributed by atoms with Gasteiger partial charge in [-0.1, -0.05) is 75.4 Å². The number of hydrogen-bond donors (Lipinski definition) is 1. The average molecular weight is 499 g/mol. The molecule has 2 aliphatic heterocycles. The number of fused-ring (bicyclic) bond motifs is 6. The summed E-state index contributed by atoms with van der Waals surface area (Å²) >= 11 is 0. The van der Waals surface area contributed by atoms with Gasteiger partial charge in [-0.3, -0.25) is 5.32 Å². The van der Waals surface area contributed by atoms with E-state index in [0.29, 0.717) is 11.3 Å². The fourth-order valence-corrected chi connectivity index (χ4v) is 5.80. The number of rotatable bonds is 11. The molecule has 5 nitrogen and oxygen atoms in total. The molecule has 0 amide bonds. The second-order valence-electron chi connectivity index (χ2n) is 10.1. The molecule has 0 aromatic heterocycles. The molecule has 2 aliphatic rings. The van der Waals surface area contributed by atoms with Gasteiger partial charge in [0, 0.05) is 35.0 Å². The van der Waals surface area contributed by atoms with Gasteiger partial charge >= 0.3 is 5.97 Å². The quantitative estimate of drug-likeness (QED) is 0.170. The number of nitrogens with one attached hydrogen (secondary N) is 1. The highest BCUT2D eigenvalue weighted by molar-refractivity contribution is 5.97. The van der Waals surface area contributed by atoms with Gasteiger partial charge < -0.3 is 14.4 Å². The second-order valence-corrected chi connectivity index (χ2v) is 10.1. The zero-order valence-electron chi connectivity index (χ0n) is 22.3. The summed E-state index contributed by atoms with van der Waals surface area (Å²) in [4.78, 5) is 15.3. The number of hydrogen-bond acceptors (Lipinski definition) is 5. The summed E-state index contributed by atoms with van der Waals surface area (Å²) in [5.41, 5.74) is 3.26. The highest BCUT2D eigenvalue weighted by atomic mass is 16.6. The topological polar surface area (TPSA) is 50.8 Å². The van der Waals surface area contributed by atoms with Crippen molar-refractivity contribution in [2.45, 2.75) is 71.1 Å². The lowest BCUT2D eigenvalue weighted by atomic mass is 9.77. The van der Waals surface area contributed by atoms with Gasteiger partial charge in [-0.15, -0.1) is 0 Å². The number of benzene rings is 3. The van der Waals surface area contributed by atoms with Crippen LogP contribution in [0.1, 0.15) is 86.3 Å². The van der Waals surface area contributed by atoms with Crippen LogP contribution in [-0.2, 0) is 10.3 Å². The smallest absolute Gasteiger partial charge is 0.340 e. The molecule has 0 bridgehead atoms. The van der Waals surface area contributed by atoms with Gasteiger partial charge in [-0.2, -0.15) is 0 Å². The summed E-state index contributed by atoms with van der Waals surface area (Å²) in [6, 6.07) is 21.8. The summed E-state index contributed by atoms with van der Waals surface area (Å²) in [5.74, 6) is 1.14. The van der Waals surface area contributed by atoms with Gasteiger partial charge in [0.2, 0.25) is 0 Å². The van der Waals surface area contributed by atoms with Crippen LogP contribution in [0.15, 0.2) is 66.7 Å². The fraction of sp³-hybridized carbons (Fsp3) is 0.406. The van der Waals surface area contributed by atoms with Crippen LogP contribution in [0.4, 0.5) is 5.69 Å². The van der Waals surface area contributed by atoms with Gasteiger partial charge in [0.1, 0.15) is 11.5 Å². The van der Waals surface area contributed by atoms with E-state index >= 15 is 0 Å². The zero-order chi connectivity index (χ0) is 25.8. The Morgan fingerprint density at radius 2 is 1.54 bits per heavy atom. The standard InChI is InChI=1S/C32H38N2O3/c1-4-6-7-8-9-14-21-33-23(3)34(5-2)24-19-20-28-30(22-24)36-29-18-13-12-17-27(29)32(28)26-16-11-10-15-25(26)31(35)37-32/h10-13,15-20,22-23,33H,4-9,14,21H2,1-3H3. The van der Waals surface area contributed by atoms with Crippen LogP contribution >= 0.6 is 0 Å². The highest BCUT2D eigenvalue weighted by Crippen LogP contribution is 2.56. The molecule has 0 radical (unpaired) electrons. The van der Waals surface area contributed by atoms with Crippen molar-refractivity contribution in [1.82, 2.24) is 5.32 Å². The minimum Gasteiger partial charge on any atom is -0.456 e. The summed E-state index contributed by atoms with van der Waals surface area (Å²) in [7, 11) is 0. The number of para-hydroxylation sites is 1. The minimum atomic E-state index is -1.00. The first-order chi connectivity index (χ1) is 18.1. The molecule has 2 unspecified atom stereocenters. The van der Waals surface area contributed by atoms with E-state index in [4.69, 9.17) is 9.47 Å². The number of unbranched alkanes of at least 4 members (excludes halogenated alkanes) is 5. The van der Waals surface area contributed by atoms with Crippen LogP contribution in [0.5, 0.6) is 11.5 Å². The Labute approximate surface area is 220 Å². The van der Waals surface area contributed by atoms with E-state index in [-0.39, 0.29) is 12.1 Å². The highest BCUT2D eigenvalue weighted by Gasteiger charge is 2.53. The van der Waals surface area contributed by atoms with Gasteiger partial charge in [0.15, 0.2) is 5.60 Å². The third-order valence-corrected chi connectivity index (χ3v) is 7.71. The predicted octanol–water partition coefficient (Wildman–Crippen LogP) is 7.38. The monoisotopic (exact) mass is 498 g/mol. The lowest BCUT2D eigenvalue weighted by Gasteiger charge is -2.38. The van der Waals surface area contributed by atoms with Crippen LogP contribution in [0.3, 0.4) is 0 Å². The normalized spacial score (nSPS) is 18.0. The molecule has 0 fully saturated rings. The molecule has 0 saturated carbocycles. The zero-order valence-corrected chi connectivity index (χ0v) is 22.3. The molecule has 2 heterocycles. The summed E-state index contributed by atoms with van der Waals surface area (Å²) in [6.45, 7) is 8.52. The number of esters is 1. The van der Waals surface area contributed by atoms with Gasteiger partial charge in [0.05, 0.1) is 11.7 Å². The van der Waals surface area contributed by atoms with E-state index in [1.807, 2.05) is 48.5 Å². The molecule has 194 valence electrons. The molecule has 0 aliphatic carbocycles. The first kappa shape index (κ1) is 25.3. The fourth-order valence-electron chi connectivity index (χ4n) is 5.80. The summed E-state index contributed by atoms with van der Waals surface area (Å²) < 4.78 is 12.7. The van der Waals surface area contributed by atoms with Crippen molar-refractivity contribution in [1.29, 1.82) is 0 Å². The molecule has 2 atom stereocenters. The first-order valence-electron chi connectivity index (χ1n) is 13.8. The van der Waals surface area contributed by atoms with Crippen LogP contribution in [0.25, 0.3) is 0 Å². The van der Waals surface area contributed by atoms with Crippen LogP contribution < -0.4 is 15.0 Å². The summed E-state index contributed by atoms with van der Waals surface area (Å²) in [5, 5.41) is 3.70. The number of ether oxygens (including phenoxy) is 2. The van der Waals surface area contributed by atoms with Crippen molar-refractivity contribution in [3.63, 3.8) is 0 Å². The number of nitrogens with zero attached hydrogens (tertiary/aromatic N) is 1. The van der Waals surface area contributed by atoms with Crippen LogP contribution in [0.2, 0.25) is 0 Å². The maximum atomic E-state index is 13.0. The SMILES string of the molecule is CCCCCCCCNC(C)N(CC)c1ccc2c(c1)Oc1ccccc1C21OC(=O)c2ccccc21. The lowest BCUT2D eigenvalue weighted by Crippen LogP contribution is -2.44. The van der Waals surface area contributed by atoms with E-state index < -0.39 is 5.60 Å². The third kappa shape index (κ3) is 4.61. The van der Waals surface area contributed by atoms with Crippen molar-refractivity contribution >= 4 is 11.7 Å². The van der Waals surface area contributed by atoms with Crippen LogP contribution in [0, 0.1) is 0 Å². The number of anilines is 1. The molecular weight excluding hydrogens is 460 g/mol. The largest absolute Gasteiger partial charge is 0.456 e. The Balaban J connectivity index is 1.42. The van der Waals surface area contributed by atoms with E-state index in [1.54, 1.807) is 0 Å². The summed E-state index contributed by atoms with van der Waals surface area (Å²) in [6.07, 6.45) is 7.95. The maximum absolute atomic E-state index is 13.0. The number of carbonyl (C=O) groups excluding carboxylic acids is 1. The lowest BCUT2D eigenvalue weighted by molar-refractivity contribution is 0.0224. The van der Waals surface area contributed by atoms with E-state index in [1.165, 1.54) is 38.5 Å². The molecule has 5 rings (SSSR count). The predicted molar refractivity (Wildman–Crippen MR) is 149 cm³/mol. The number of carbonyl (C=O) groups is 1. The molecular formula is C32H38N2O3. The average Bonchev–Trinajstić information content (AvgIpc) is 3.21. The van der Waals surface area contributed by atoms with Gasteiger partial charge in [-0.05, 0) is 51.1 Å². The van der Waals surface area contributed by atoms with Gasteiger partial charge in [-0.25, -0.2) is 4.79 Å². The Morgan fingerprint density at radius 1 is 0.838 bits per heavy atom. The second kappa shape index (κ2) is 11.0. The maximum Gasteiger partial charge on any atom is 0.340 e. The van der Waals surface area contributed by atoms with E-state index in [9.17, 15) is 4.79 Å². The molecule has 0 saturated heterocycles. The molecule has 1 spiro atoms. The van der Waals surface area contributed by atoms with Crippen molar-refractivity contribution in [3.8, 4) is 11.5 Å².